The van der Waals surface area contributed by atoms with Crippen molar-refractivity contribution in [3.63, 3.8) is 0 Å². The summed E-state index contributed by atoms with van der Waals surface area (Å²) in [5.74, 6) is 1.88. The van der Waals surface area contributed by atoms with Gasteiger partial charge in [-0.2, -0.15) is 0 Å². The van der Waals surface area contributed by atoms with Crippen LogP contribution in [0.25, 0.3) is 0 Å². The molecular weight excluding hydrogens is 210 g/mol. The van der Waals surface area contributed by atoms with Crippen LogP contribution in [-0.2, 0) is 4.79 Å². The highest BCUT2D eigenvalue weighted by Gasteiger charge is 2.35. The normalized spacial score (nSPS) is 39.3. The summed E-state index contributed by atoms with van der Waals surface area (Å²) >= 11 is 0. The van der Waals surface area contributed by atoms with Crippen LogP contribution in [0.3, 0.4) is 0 Å². The van der Waals surface area contributed by atoms with Crippen LogP contribution < -0.4 is 0 Å². The first-order chi connectivity index (χ1) is 8.34. The predicted octanol–water partition coefficient (Wildman–Crippen LogP) is 3.01. The number of fused-ring (bicyclic) bond motifs is 1. The Bertz CT molecular complexity index is 287. The third kappa shape index (κ3) is 2.42. The number of carbonyl (C=O) groups is 1. The number of nitrogens with zero attached hydrogens (tertiary/aromatic N) is 1. The van der Waals surface area contributed by atoms with Gasteiger partial charge in [0.15, 0.2) is 0 Å². The number of hydrogen-bond acceptors (Lipinski definition) is 2. The predicted molar refractivity (Wildman–Crippen MR) is 68.9 cm³/mol. The van der Waals surface area contributed by atoms with Crippen molar-refractivity contribution in [3.8, 4) is 0 Å². The van der Waals surface area contributed by atoms with Crippen molar-refractivity contribution in [1.29, 1.82) is 0 Å². The molecule has 0 spiro atoms. The summed E-state index contributed by atoms with van der Waals surface area (Å²) in [4.78, 5) is 14.5. The number of likely N-dealkylation sites (tertiary alicyclic amines) is 1. The summed E-state index contributed by atoms with van der Waals surface area (Å²) in [5.41, 5.74) is 0. The van der Waals surface area contributed by atoms with Crippen molar-refractivity contribution >= 4 is 5.78 Å². The number of hydrogen-bond donors (Lipinski definition) is 0. The highest BCUT2D eigenvalue weighted by atomic mass is 16.1. The lowest BCUT2D eigenvalue weighted by molar-refractivity contribution is -0.121. The molecule has 2 heteroatoms. The summed E-state index contributed by atoms with van der Waals surface area (Å²) < 4.78 is 0. The topological polar surface area (TPSA) is 20.3 Å². The van der Waals surface area contributed by atoms with Gasteiger partial charge >= 0.3 is 0 Å². The van der Waals surface area contributed by atoms with Gasteiger partial charge in [-0.25, -0.2) is 0 Å². The van der Waals surface area contributed by atoms with E-state index < -0.39 is 0 Å². The summed E-state index contributed by atoms with van der Waals surface area (Å²) in [6.45, 7) is 2.34. The zero-order chi connectivity index (χ0) is 11.7. The van der Waals surface area contributed by atoms with Gasteiger partial charge in [0.25, 0.3) is 0 Å². The third-order valence-corrected chi connectivity index (χ3v) is 5.24. The van der Waals surface area contributed by atoms with Crippen LogP contribution in [0, 0.1) is 11.8 Å². The smallest absolute Gasteiger partial charge is 0.137 e. The minimum atomic E-state index is 0.385. The highest BCUT2D eigenvalue weighted by Crippen LogP contribution is 2.36. The second-order valence-electron chi connectivity index (χ2n) is 6.30. The van der Waals surface area contributed by atoms with Crippen molar-refractivity contribution in [3.05, 3.63) is 0 Å². The second kappa shape index (κ2) is 5.09. The van der Waals surface area contributed by atoms with Crippen LogP contribution in [0.2, 0.25) is 0 Å². The first-order valence-corrected chi connectivity index (χ1v) is 7.61. The van der Waals surface area contributed by atoms with Crippen molar-refractivity contribution in [2.45, 2.75) is 63.8 Å². The van der Waals surface area contributed by atoms with Gasteiger partial charge < -0.3 is 0 Å². The van der Waals surface area contributed by atoms with Gasteiger partial charge in [-0.05, 0) is 51.0 Å². The molecule has 17 heavy (non-hydrogen) atoms. The lowest BCUT2D eigenvalue weighted by Gasteiger charge is -2.45. The molecule has 0 amide bonds. The monoisotopic (exact) mass is 235 g/mol. The van der Waals surface area contributed by atoms with E-state index in [-0.39, 0.29) is 0 Å². The molecule has 0 bridgehead atoms. The van der Waals surface area contributed by atoms with Crippen LogP contribution in [-0.4, -0.2) is 29.8 Å². The Labute approximate surface area is 105 Å². The molecular formula is C15H25NO. The number of Topliss-reactive ketones (excluding diaryl/α,β-unsaturated/α-hetero) is 1. The quantitative estimate of drug-likeness (QED) is 0.733. The Morgan fingerprint density at radius 1 is 1.00 bits per heavy atom. The minimum absolute atomic E-state index is 0.385. The molecule has 3 unspecified atom stereocenters. The molecule has 2 nitrogen and oxygen atoms in total. The Hall–Kier alpha value is -0.370. The molecule has 1 heterocycles. The molecule has 2 aliphatic carbocycles. The molecule has 1 aliphatic heterocycles. The average molecular weight is 235 g/mol. The summed E-state index contributed by atoms with van der Waals surface area (Å²) in [5, 5.41) is 0. The Morgan fingerprint density at radius 2 is 1.82 bits per heavy atom. The molecule has 3 rings (SSSR count). The maximum Gasteiger partial charge on any atom is 0.137 e. The number of ketones is 1. The number of piperidine rings is 1. The average Bonchev–Trinajstić information content (AvgIpc) is 2.76. The van der Waals surface area contributed by atoms with Gasteiger partial charge in [0.2, 0.25) is 0 Å². The lowest BCUT2D eigenvalue weighted by atomic mass is 9.78. The van der Waals surface area contributed by atoms with Crippen LogP contribution in [0.5, 0.6) is 0 Å². The fourth-order valence-electron chi connectivity index (χ4n) is 4.32. The summed E-state index contributed by atoms with van der Waals surface area (Å²) in [7, 11) is 0. The van der Waals surface area contributed by atoms with Crippen molar-refractivity contribution < 1.29 is 4.79 Å². The largest absolute Gasteiger partial charge is 0.299 e. The van der Waals surface area contributed by atoms with Crippen molar-refractivity contribution in [2.75, 3.05) is 13.1 Å². The van der Waals surface area contributed by atoms with Gasteiger partial charge in [0, 0.05) is 24.9 Å². The molecule has 3 atom stereocenters. The van der Waals surface area contributed by atoms with Crippen molar-refractivity contribution in [2.24, 2.45) is 11.8 Å². The van der Waals surface area contributed by atoms with Gasteiger partial charge in [-0.15, -0.1) is 0 Å². The van der Waals surface area contributed by atoms with Gasteiger partial charge in [0.1, 0.15) is 5.78 Å². The fraction of sp³-hybridized carbons (Fsp3) is 0.933. The van der Waals surface area contributed by atoms with E-state index in [4.69, 9.17) is 0 Å². The number of rotatable bonds is 2. The molecule has 2 saturated carbocycles. The third-order valence-electron chi connectivity index (χ3n) is 5.24. The first-order valence-electron chi connectivity index (χ1n) is 7.61. The van der Waals surface area contributed by atoms with E-state index in [1.54, 1.807) is 0 Å². The molecule has 0 aromatic carbocycles. The molecule has 0 N–H and O–H groups in total. The summed E-state index contributed by atoms with van der Waals surface area (Å²) in [6, 6.07) is 0.825. The standard InChI is InChI=1S/C15H25NO/c17-15-9-3-6-13(15)11-16-10-4-7-12-5-1-2-8-14(12)16/h12-14H,1-11H2. The van der Waals surface area contributed by atoms with E-state index >= 15 is 0 Å². The zero-order valence-corrected chi connectivity index (χ0v) is 10.9. The van der Waals surface area contributed by atoms with Crippen molar-refractivity contribution in [1.82, 2.24) is 4.90 Å². The first kappa shape index (κ1) is 11.7. The van der Waals surface area contributed by atoms with E-state index in [9.17, 15) is 4.79 Å². The Morgan fingerprint density at radius 3 is 2.65 bits per heavy atom. The van der Waals surface area contributed by atoms with E-state index in [1.807, 2.05) is 0 Å². The molecule has 3 aliphatic rings. The van der Waals surface area contributed by atoms with E-state index in [0.717, 1.165) is 37.8 Å². The van der Waals surface area contributed by atoms with Crippen LogP contribution in [0.1, 0.15) is 57.8 Å². The highest BCUT2D eigenvalue weighted by molar-refractivity contribution is 5.83. The number of carbonyl (C=O) groups excluding carboxylic acids is 1. The Balaban J connectivity index is 1.62. The fourth-order valence-corrected chi connectivity index (χ4v) is 4.32. The van der Waals surface area contributed by atoms with Crippen LogP contribution in [0.15, 0.2) is 0 Å². The molecule has 0 radical (unpaired) electrons. The van der Waals surface area contributed by atoms with Crippen LogP contribution in [0.4, 0.5) is 0 Å². The lowest BCUT2D eigenvalue weighted by Crippen LogP contribution is -2.48. The SMILES string of the molecule is O=C1CCCC1CN1CCCC2CCCCC21. The van der Waals surface area contributed by atoms with Gasteiger partial charge in [-0.1, -0.05) is 12.8 Å². The molecule has 0 aromatic heterocycles. The molecule has 96 valence electrons. The second-order valence-corrected chi connectivity index (χ2v) is 6.30. The Kier molecular flexibility index (Phi) is 3.51. The maximum atomic E-state index is 11.8. The zero-order valence-electron chi connectivity index (χ0n) is 10.9. The van der Waals surface area contributed by atoms with Gasteiger partial charge in [-0.3, -0.25) is 9.69 Å². The van der Waals surface area contributed by atoms with Crippen LogP contribution >= 0.6 is 0 Å². The minimum Gasteiger partial charge on any atom is -0.299 e. The molecule has 0 aromatic rings. The maximum absolute atomic E-state index is 11.8. The summed E-state index contributed by atoms with van der Waals surface area (Å²) in [6.07, 6.45) is 11.7. The van der Waals surface area contributed by atoms with E-state index in [2.05, 4.69) is 4.90 Å². The van der Waals surface area contributed by atoms with Gasteiger partial charge in [0.05, 0.1) is 0 Å². The van der Waals surface area contributed by atoms with E-state index in [1.165, 1.54) is 45.1 Å². The molecule has 3 fully saturated rings. The van der Waals surface area contributed by atoms with E-state index in [0.29, 0.717) is 11.7 Å². The molecule has 1 saturated heterocycles.